The second-order valence-electron chi connectivity index (χ2n) is 5.30. The van der Waals surface area contributed by atoms with Crippen LogP contribution in [0.2, 0.25) is 0 Å². The summed E-state index contributed by atoms with van der Waals surface area (Å²) in [6.45, 7) is 13.0. The predicted molar refractivity (Wildman–Crippen MR) is 67.2 cm³/mol. The zero-order valence-corrected chi connectivity index (χ0v) is 10.9. The molecule has 0 bridgehead atoms. The lowest BCUT2D eigenvalue weighted by molar-refractivity contribution is 0.182. The van der Waals surface area contributed by atoms with Crippen LogP contribution in [-0.4, -0.2) is 36.6 Å². The average molecular weight is 212 g/mol. The largest absolute Gasteiger partial charge is 0.313 e. The van der Waals surface area contributed by atoms with E-state index in [1.54, 1.807) is 0 Å². The summed E-state index contributed by atoms with van der Waals surface area (Å²) in [5.74, 6) is 0.867. The van der Waals surface area contributed by atoms with Gasteiger partial charge in [-0.2, -0.15) is 0 Å². The highest BCUT2D eigenvalue weighted by Gasteiger charge is 2.19. The molecule has 0 aromatic rings. The van der Waals surface area contributed by atoms with Crippen LogP contribution in [0.25, 0.3) is 0 Å². The van der Waals surface area contributed by atoms with Crippen LogP contribution in [0, 0.1) is 5.92 Å². The van der Waals surface area contributed by atoms with Crippen LogP contribution in [0.3, 0.4) is 0 Å². The van der Waals surface area contributed by atoms with Gasteiger partial charge in [0.25, 0.3) is 0 Å². The molecule has 90 valence electrons. The Morgan fingerprint density at radius 3 is 2.80 bits per heavy atom. The Bertz CT molecular complexity index is 170. The summed E-state index contributed by atoms with van der Waals surface area (Å²) in [7, 11) is 0. The summed E-state index contributed by atoms with van der Waals surface area (Å²) in [5.41, 5.74) is 0. The van der Waals surface area contributed by atoms with E-state index in [1.165, 1.54) is 38.9 Å². The van der Waals surface area contributed by atoms with Gasteiger partial charge in [0.15, 0.2) is 0 Å². The summed E-state index contributed by atoms with van der Waals surface area (Å²) in [6, 6.07) is 1.41. The molecule has 0 saturated carbocycles. The summed E-state index contributed by atoms with van der Waals surface area (Å²) < 4.78 is 0. The van der Waals surface area contributed by atoms with Crippen LogP contribution in [0.5, 0.6) is 0 Å². The number of nitrogens with zero attached hydrogens (tertiary/aromatic N) is 1. The summed E-state index contributed by atoms with van der Waals surface area (Å²) in [5, 5.41) is 3.55. The second-order valence-corrected chi connectivity index (χ2v) is 5.30. The molecule has 2 heteroatoms. The first-order chi connectivity index (χ1) is 7.13. The van der Waals surface area contributed by atoms with E-state index in [1.807, 2.05) is 0 Å². The first-order valence-corrected chi connectivity index (χ1v) is 6.61. The molecule has 3 unspecified atom stereocenters. The van der Waals surface area contributed by atoms with Crippen molar-refractivity contribution in [2.45, 2.75) is 59.0 Å². The van der Waals surface area contributed by atoms with Crippen LogP contribution in [0.4, 0.5) is 0 Å². The van der Waals surface area contributed by atoms with Crippen molar-refractivity contribution in [3.05, 3.63) is 0 Å². The van der Waals surface area contributed by atoms with Crippen molar-refractivity contribution in [3.63, 3.8) is 0 Å². The molecule has 1 aliphatic rings. The summed E-state index contributed by atoms with van der Waals surface area (Å²) >= 11 is 0. The molecule has 1 heterocycles. The molecule has 0 aromatic carbocycles. The summed E-state index contributed by atoms with van der Waals surface area (Å²) in [6.07, 6.45) is 3.96. The molecule has 1 fully saturated rings. The number of nitrogens with one attached hydrogen (secondary N) is 1. The van der Waals surface area contributed by atoms with E-state index < -0.39 is 0 Å². The monoisotopic (exact) mass is 212 g/mol. The molecule has 3 atom stereocenters. The highest BCUT2D eigenvalue weighted by molar-refractivity contribution is 4.77. The molecule has 1 N–H and O–H groups in total. The Kier molecular flexibility index (Phi) is 5.62. The van der Waals surface area contributed by atoms with Gasteiger partial charge < -0.3 is 5.32 Å². The minimum Gasteiger partial charge on any atom is -0.313 e. The Morgan fingerprint density at radius 1 is 1.40 bits per heavy atom. The third-order valence-corrected chi connectivity index (χ3v) is 3.69. The number of hydrogen-bond acceptors (Lipinski definition) is 2. The Balaban J connectivity index is 2.38. The smallest absolute Gasteiger partial charge is 0.0166 e. The normalized spacial score (nSPS) is 28.4. The van der Waals surface area contributed by atoms with Gasteiger partial charge in [0.1, 0.15) is 0 Å². The van der Waals surface area contributed by atoms with E-state index in [0.29, 0.717) is 6.04 Å². The molecular formula is C13H28N2. The maximum absolute atomic E-state index is 3.55. The van der Waals surface area contributed by atoms with Gasteiger partial charge in [-0.05, 0) is 45.7 Å². The molecule has 0 aliphatic carbocycles. The van der Waals surface area contributed by atoms with Gasteiger partial charge in [-0.25, -0.2) is 0 Å². The van der Waals surface area contributed by atoms with E-state index in [2.05, 4.69) is 37.9 Å². The predicted octanol–water partition coefficient (Wildman–Crippen LogP) is 2.49. The van der Waals surface area contributed by atoms with Crippen LogP contribution >= 0.6 is 0 Å². The fourth-order valence-corrected chi connectivity index (χ4v) is 2.44. The highest BCUT2D eigenvalue weighted by Crippen LogP contribution is 2.16. The van der Waals surface area contributed by atoms with Crippen LogP contribution < -0.4 is 5.32 Å². The Labute approximate surface area is 95.4 Å². The summed E-state index contributed by atoms with van der Waals surface area (Å²) in [4.78, 5) is 2.66. The first-order valence-electron chi connectivity index (χ1n) is 6.61. The quantitative estimate of drug-likeness (QED) is 0.770. The third kappa shape index (κ3) is 4.52. The molecule has 0 radical (unpaired) electrons. The topological polar surface area (TPSA) is 15.3 Å². The maximum Gasteiger partial charge on any atom is 0.0166 e. The molecule has 1 saturated heterocycles. The Hall–Kier alpha value is -0.0800. The van der Waals surface area contributed by atoms with Crippen molar-refractivity contribution in [2.24, 2.45) is 5.92 Å². The first kappa shape index (κ1) is 13.0. The highest BCUT2D eigenvalue weighted by atomic mass is 15.2. The van der Waals surface area contributed by atoms with Crippen LogP contribution in [0.1, 0.15) is 47.0 Å². The number of hydrogen-bond donors (Lipinski definition) is 1. The maximum atomic E-state index is 3.55. The van der Waals surface area contributed by atoms with Crippen molar-refractivity contribution in [2.75, 3.05) is 19.6 Å². The zero-order valence-electron chi connectivity index (χ0n) is 10.9. The molecule has 1 aliphatic heterocycles. The van der Waals surface area contributed by atoms with Gasteiger partial charge in [0.05, 0.1) is 0 Å². The third-order valence-electron chi connectivity index (χ3n) is 3.69. The van der Waals surface area contributed by atoms with Crippen molar-refractivity contribution < 1.29 is 0 Å². The minimum atomic E-state index is 0.659. The van der Waals surface area contributed by atoms with Gasteiger partial charge >= 0.3 is 0 Å². The fraction of sp³-hybridized carbons (Fsp3) is 1.00. The van der Waals surface area contributed by atoms with E-state index in [0.717, 1.165) is 12.0 Å². The van der Waals surface area contributed by atoms with Crippen molar-refractivity contribution in [1.29, 1.82) is 0 Å². The van der Waals surface area contributed by atoms with Gasteiger partial charge in [-0.3, -0.25) is 4.90 Å². The van der Waals surface area contributed by atoms with Crippen molar-refractivity contribution in [1.82, 2.24) is 10.2 Å². The van der Waals surface area contributed by atoms with E-state index in [-0.39, 0.29) is 0 Å². The van der Waals surface area contributed by atoms with E-state index >= 15 is 0 Å². The van der Waals surface area contributed by atoms with Gasteiger partial charge in [-0.1, -0.05) is 20.3 Å². The molecule has 0 amide bonds. The Morgan fingerprint density at radius 2 is 2.13 bits per heavy atom. The minimum absolute atomic E-state index is 0.659. The molecule has 2 nitrogen and oxygen atoms in total. The van der Waals surface area contributed by atoms with E-state index in [4.69, 9.17) is 0 Å². The molecule has 1 rings (SSSR count). The standard InChI is InChI=1S/C13H28N2/c1-5-11(2)9-13(4)15-8-6-7-14-12(3)10-15/h11-14H,5-10H2,1-4H3. The van der Waals surface area contributed by atoms with Crippen molar-refractivity contribution >= 4 is 0 Å². The lowest BCUT2D eigenvalue weighted by Gasteiger charge is -2.30. The SMILES string of the molecule is CCC(C)CC(C)N1CCCNC(C)C1. The van der Waals surface area contributed by atoms with Crippen molar-refractivity contribution in [3.8, 4) is 0 Å². The van der Waals surface area contributed by atoms with Gasteiger partial charge in [-0.15, -0.1) is 0 Å². The average Bonchev–Trinajstić information content (AvgIpc) is 2.42. The van der Waals surface area contributed by atoms with Crippen LogP contribution in [-0.2, 0) is 0 Å². The fourth-order valence-electron chi connectivity index (χ4n) is 2.44. The molecule has 0 aromatic heterocycles. The molecule has 0 spiro atoms. The van der Waals surface area contributed by atoms with Gasteiger partial charge in [0.2, 0.25) is 0 Å². The number of rotatable bonds is 4. The zero-order chi connectivity index (χ0) is 11.3. The van der Waals surface area contributed by atoms with Crippen LogP contribution in [0.15, 0.2) is 0 Å². The lowest BCUT2D eigenvalue weighted by atomic mass is 9.99. The second kappa shape index (κ2) is 6.49. The lowest BCUT2D eigenvalue weighted by Crippen LogP contribution is -2.40. The molecule has 15 heavy (non-hydrogen) atoms. The van der Waals surface area contributed by atoms with Gasteiger partial charge in [0, 0.05) is 18.6 Å². The molecular weight excluding hydrogens is 184 g/mol. The van der Waals surface area contributed by atoms with E-state index in [9.17, 15) is 0 Å².